The van der Waals surface area contributed by atoms with Gasteiger partial charge in [0.15, 0.2) is 5.13 Å². The van der Waals surface area contributed by atoms with Crippen LogP contribution in [0.2, 0.25) is 5.15 Å². The first-order valence-corrected chi connectivity index (χ1v) is 9.54. The first-order valence-electron chi connectivity index (χ1n) is 8.29. The second-order valence-electron chi connectivity index (χ2n) is 5.84. The molecule has 3 rings (SSSR count). The molecular formula is C19H19ClN4O3S. The summed E-state index contributed by atoms with van der Waals surface area (Å²) in [5, 5.41) is 9.76. The summed E-state index contributed by atoms with van der Waals surface area (Å²) in [5.74, 6) is 1.06. The normalized spacial score (nSPS) is 11.0. The Morgan fingerprint density at radius 2 is 2.11 bits per heavy atom. The van der Waals surface area contributed by atoms with Crippen LogP contribution in [0.5, 0.6) is 11.5 Å². The fraction of sp³-hybridized carbons (Fsp3) is 0.211. The highest BCUT2D eigenvalue weighted by atomic mass is 35.5. The molecule has 3 aromatic rings. The van der Waals surface area contributed by atoms with E-state index < -0.39 is 0 Å². The van der Waals surface area contributed by atoms with E-state index in [1.165, 1.54) is 17.4 Å². The van der Waals surface area contributed by atoms with Gasteiger partial charge in [-0.15, -0.1) is 11.3 Å². The van der Waals surface area contributed by atoms with Gasteiger partial charge in [-0.3, -0.25) is 14.8 Å². The monoisotopic (exact) mass is 418 g/mol. The number of anilines is 1. The topological polar surface area (TPSA) is 78.3 Å². The second-order valence-corrected chi connectivity index (χ2v) is 7.06. The Kier molecular flexibility index (Phi) is 6.01. The number of carbonyl (C=O) groups excluding carboxylic acids is 1. The van der Waals surface area contributed by atoms with E-state index in [-0.39, 0.29) is 5.91 Å². The molecule has 2 aromatic heterocycles. The lowest BCUT2D eigenvalue weighted by atomic mass is 10.1. The molecule has 9 heteroatoms. The molecular weight excluding hydrogens is 400 g/mol. The number of nitrogens with one attached hydrogen (secondary N) is 1. The van der Waals surface area contributed by atoms with Crippen LogP contribution in [0.1, 0.15) is 11.3 Å². The highest BCUT2D eigenvalue weighted by molar-refractivity contribution is 7.14. The number of nitrogens with zero attached hydrogens (tertiary/aromatic N) is 3. The van der Waals surface area contributed by atoms with E-state index in [1.807, 2.05) is 30.5 Å². The van der Waals surface area contributed by atoms with Gasteiger partial charge in [0.05, 0.1) is 25.6 Å². The van der Waals surface area contributed by atoms with Crippen LogP contribution < -0.4 is 14.8 Å². The molecule has 0 saturated heterocycles. The highest BCUT2D eigenvalue weighted by Crippen LogP contribution is 2.35. The Morgan fingerprint density at radius 3 is 2.75 bits per heavy atom. The van der Waals surface area contributed by atoms with Gasteiger partial charge < -0.3 is 9.47 Å². The number of halogens is 1. The van der Waals surface area contributed by atoms with Crippen molar-refractivity contribution in [2.75, 3.05) is 19.5 Å². The zero-order valence-electron chi connectivity index (χ0n) is 15.8. The lowest BCUT2D eigenvalue weighted by molar-refractivity contribution is -0.111. The molecule has 0 unspecified atom stereocenters. The number of aromatic nitrogens is 3. The van der Waals surface area contributed by atoms with Crippen molar-refractivity contribution in [2.45, 2.75) is 6.92 Å². The molecule has 7 nitrogen and oxygen atoms in total. The third kappa shape index (κ3) is 4.18. The van der Waals surface area contributed by atoms with Gasteiger partial charge >= 0.3 is 0 Å². The minimum absolute atomic E-state index is 0.308. The number of hydrogen-bond donors (Lipinski definition) is 1. The second kappa shape index (κ2) is 8.45. The standard InChI is InChI=1S/C19H19ClN4O3S/c1-11-13(18(20)24(2)23-11)6-8-17(25)22-19-21-15(10-28-19)14-9-12(26-3)5-7-16(14)27-4/h5-10H,1-4H3,(H,21,22,25)/b8-6+. The van der Waals surface area contributed by atoms with Gasteiger partial charge in [0, 0.05) is 29.6 Å². The van der Waals surface area contributed by atoms with E-state index >= 15 is 0 Å². The fourth-order valence-electron chi connectivity index (χ4n) is 2.61. The summed E-state index contributed by atoms with van der Waals surface area (Å²) in [5.41, 5.74) is 2.93. The van der Waals surface area contributed by atoms with Crippen molar-refractivity contribution in [3.63, 3.8) is 0 Å². The minimum atomic E-state index is -0.308. The molecule has 0 aliphatic heterocycles. The van der Waals surface area contributed by atoms with Crippen molar-refractivity contribution in [3.8, 4) is 22.8 Å². The van der Waals surface area contributed by atoms with Gasteiger partial charge in [0.25, 0.3) is 0 Å². The number of rotatable bonds is 6. The van der Waals surface area contributed by atoms with Crippen molar-refractivity contribution >= 4 is 40.1 Å². The number of amides is 1. The Hall–Kier alpha value is -2.84. The first-order chi connectivity index (χ1) is 13.4. The zero-order valence-corrected chi connectivity index (χ0v) is 17.4. The fourth-order valence-corrected chi connectivity index (χ4v) is 3.56. The van der Waals surface area contributed by atoms with Crippen molar-refractivity contribution in [1.82, 2.24) is 14.8 Å². The molecule has 0 saturated carbocycles. The van der Waals surface area contributed by atoms with Crippen LogP contribution >= 0.6 is 22.9 Å². The van der Waals surface area contributed by atoms with Crippen LogP contribution in [0.3, 0.4) is 0 Å². The van der Waals surface area contributed by atoms with E-state index in [4.69, 9.17) is 21.1 Å². The number of methoxy groups -OCH3 is 2. The summed E-state index contributed by atoms with van der Waals surface area (Å²) in [6.45, 7) is 1.83. The summed E-state index contributed by atoms with van der Waals surface area (Å²) in [7, 11) is 4.94. The van der Waals surface area contributed by atoms with Gasteiger partial charge in [-0.05, 0) is 31.2 Å². The molecule has 2 heterocycles. The molecule has 0 spiro atoms. The van der Waals surface area contributed by atoms with Gasteiger partial charge in [0.2, 0.25) is 5.91 Å². The maximum absolute atomic E-state index is 12.2. The predicted octanol–water partition coefficient (Wildman–Crippen LogP) is 4.17. The lowest BCUT2D eigenvalue weighted by Gasteiger charge is -2.08. The Labute approximate surface area is 171 Å². The number of aryl methyl sites for hydroxylation is 2. The van der Waals surface area contributed by atoms with Gasteiger partial charge in [0.1, 0.15) is 16.7 Å². The average Bonchev–Trinajstić information content (AvgIpc) is 3.24. The average molecular weight is 419 g/mol. The van der Waals surface area contributed by atoms with E-state index in [2.05, 4.69) is 15.4 Å². The number of ether oxygens (including phenoxy) is 2. The van der Waals surface area contributed by atoms with Crippen molar-refractivity contribution in [2.24, 2.45) is 7.05 Å². The van der Waals surface area contributed by atoms with Gasteiger partial charge in [-0.1, -0.05) is 11.6 Å². The number of benzene rings is 1. The summed E-state index contributed by atoms with van der Waals surface area (Å²) in [6, 6.07) is 5.47. The lowest BCUT2D eigenvalue weighted by Crippen LogP contribution is -2.07. The predicted molar refractivity (Wildman–Crippen MR) is 111 cm³/mol. The number of thiazole rings is 1. The van der Waals surface area contributed by atoms with E-state index in [9.17, 15) is 4.79 Å². The number of hydrogen-bond acceptors (Lipinski definition) is 6. The summed E-state index contributed by atoms with van der Waals surface area (Å²) < 4.78 is 12.2. The molecule has 0 aliphatic rings. The van der Waals surface area contributed by atoms with Crippen LogP contribution in [-0.4, -0.2) is 34.9 Å². The van der Waals surface area contributed by atoms with Crippen LogP contribution in [0, 0.1) is 6.92 Å². The van der Waals surface area contributed by atoms with E-state index in [1.54, 1.807) is 32.0 Å². The minimum Gasteiger partial charge on any atom is -0.497 e. The third-order valence-corrected chi connectivity index (χ3v) is 5.22. The maximum Gasteiger partial charge on any atom is 0.250 e. The van der Waals surface area contributed by atoms with E-state index in [0.29, 0.717) is 33.0 Å². The van der Waals surface area contributed by atoms with Crippen molar-refractivity contribution in [1.29, 1.82) is 0 Å². The maximum atomic E-state index is 12.2. The SMILES string of the molecule is COc1ccc(OC)c(-c2csc(NC(=O)/C=C/c3c(C)nn(C)c3Cl)n2)c1. The van der Waals surface area contributed by atoms with E-state index in [0.717, 1.165) is 11.3 Å². The number of carbonyl (C=O) groups is 1. The molecule has 0 atom stereocenters. The zero-order chi connectivity index (χ0) is 20.3. The quantitative estimate of drug-likeness (QED) is 0.607. The Morgan fingerprint density at radius 1 is 1.32 bits per heavy atom. The highest BCUT2D eigenvalue weighted by Gasteiger charge is 2.13. The molecule has 0 fully saturated rings. The Bertz CT molecular complexity index is 1040. The third-order valence-electron chi connectivity index (χ3n) is 4.01. The van der Waals surface area contributed by atoms with Crippen LogP contribution in [-0.2, 0) is 11.8 Å². The molecule has 0 bridgehead atoms. The van der Waals surface area contributed by atoms with Gasteiger partial charge in [-0.25, -0.2) is 4.98 Å². The summed E-state index contributed by atoms with van der Waals surface area (Å²) in [4.78, 5) is 16.7. The molecule has 0 aliphatic carbocycles. The molecule has 0 radical (unpaired) electrons. The molecule has 1 amide bonds. The Balaban J connectivity index is 1.76. The molecule has 1 aromatic carbocycles. The first kappa shape index (κ1) is 19.9. The van der Waals surface area contributed by atoms with Crippen molar-refractivity contribution in [3.05, 3.63) is 46.1 Å². The van der Waals surface area contributed by atoms with Crippen LogP contribution in [0.25, 0.3) is 17.3 Å². The van der Waals surface area contributed by atoms with Gasteiger partial charge in [-0.2, -0.15) is 5.10 Å². The molecule has 28 heavy (non-hydrogen) atoms. The molecule has 146 valence electrons. The smallest absolute Gasteiger partial charge is 0.250 e. The van der Waals surface area contributed by atoms with Crippen LogP contribution in [0.15, 0.2) is 29.7 Å². The summed E-state index contributed by atoms with van der Waals surface area (Å²) in [6.07, 6.45) is 3.04. The van der Waals surface area contributed by atoms with Crippen LogP contribution in [0.4, 0.5) is 5.13 Å². The summed E-state index contributed by atoms with van der Waals surface area (Å²) >= 11 is 7.49. The largest absolute Gasteiger partial charge is 0.497 e. The molecule has 1 N–H and O–H groups in total. The van der Waals surface area contributed by atoms with Crippen molar-refractivity contribution < 1.29 is 14.3 Å².